The van der Waals surface area contributed by atoms with E-state index in [1.165, 1.54) is 18.0 Å². The van der Waals surface area contributed by atoms with Gasteiger partial charge in [-0.2, -0.15) is 4.36 Å². The molecule has 0 bridgehead atoms. The van der Waals surface area contributed by atoms with E-state index in [1.807, 2.05) is 13.2 Å². The number of fused-ring (bicyclic) bond motifs is 1. The minimum Gasteiger partial charge on any atom is -0.267 e. The fraction of sp³-hybridized carbons (Fsp3) is 0.333. The highest BCUT2D eigenvalue weighted by Gasteiger charge is 2.17. The average molecular weight is 378 g/mol. The van der Waals surface area contributed by atoms with Crippen molar-refractivity contribution in [2.75, 3.05) is 18.8 Å². The molecule has 0 atom stereocenters. The van der Waals surface area contributed by atoms with Crippen molar-refractivity contribution in [3.63, 3.8) is 0 Å². The Labute approximate surface area is 149 Å². The summed E-state index contributed by atoms with van der Waals surface area (Å²) in [7, 11) is -2.33. The fourth-order valence-electron chi connectivity index (χ4n) is 2.44. The molecule has 10 heteroatoms. The van der Waals surface area contributed by atoms with E-state index in [-0.39, 0.29) is 5.56 Å². The smallest absolute Gasteiger partial charge is 0.267 e. The zero-order valence-corrected chi connectivity index (χ0v) is 16.0. The zero-order valence-electron chi connectivity index (χ0n) is 14.3. The molecule has 0 saturated heterocycles. The molecule has 0 fully saturated rings. The van der Waals surface area contributed by atoms with E-state index >= 15 is 0 Å². The Bertz CT molecular complexity index is 1120. The molecule has 3 aromatic rings. The first-order chi connectivity index (χ1) is 11.8. The van der Waals surface area contributed by atoms with Crippen molar-refractivity contribution in [3.05, 3.63) is 34.7 Å². The number of rotatable bonds is 4. The first-order valence-electron chi connectivity index (χ1n) is 7.51. The lowest BCUT2D eigenvalue weighted by Crippen LogP contribution is -2.21. The number of nitrogens with zero attached hydrogens (tertiary/aromatic N) is 6. The summed E-state index contributed by atoms with van der Waals surface area (Å²) in [6.07, 6.45) is 6.51. The average Bonchev–Trinajstić information content (AvgIpc) is 2.85. The quantitative estimate of drug-likeness (QED) is 0.509. The van der Waals surface area contributed by atoms with E-state index in [1.54, 1.807) is 40.1 Å². The predicted molar refractivity (Wildman–Crippen MR) is 100 cm³/mol. The third kappa shape index (κ3) is 3.45. The summed E-state index contributed by atoms with van der Waals surface area (Å²) < 4.78 is 19.3. The van der Waals surface area contributed by atoms with Crippen molar-refractivity contribution in [1.82, 2.24) is 24.3 Å². The summed E-state index contributed by atoms with van der Waals surface area (Å²) in [4.78, 5) is 25.7. The van der Waals surface area contributed by atoms with Gasteiger partial charge in [0.15, 0.2) is 22.4 Å². The Morgan fingerprint density at radius 3 is 2.68 bits per heavy atom. The summed E-state index contributed by atoms with van der Waals surface area (Å²) in [5.41, 5.74) is 0.314. The second-order valence-corrected chi connectivity index (χ2v) is 8.87. The number of hydrogen-bond donors (Lipinski definition) is 0. The summed E-state index contributed by atoms with van der Waals surface area (Å²) in [6, 6.07) is 5.20. The Balaban J connectivity index is 2.33. The topological polar surface area (TPSA) is 95.0 Å². The fourth-order valence-corrected chi connectivity index (χ4v) is 3.32. The zero-order chi connectivity index (χ0) is 18.2. The van der Waals surface area contributed by atoms with E-state index in [0.717, 1.165) is 0 Å². The molecule has 3 rings (SSSR count). The van der Waals surface area contributed by atoms with Gasteiger partial charge in [-0.1, -0.05) is 17.8 Å². The van der Waals surface area contributed by atoms with E-state index in [2.05, 4.69) is 19.3 Å². The lowest BCUT2D eigenvalue weighted by atomic mass is 10.4. The number of aromatic nitrogens is 5. The van der Waals surface area contributed by atoms with Crippen molar-refractivity contribution in [1.29, 1.82) is 0 Å². The van der Waals surface area contributed by atoms with Crippen molar-refractivity contribution >= 4 is 38.3 Å². The number of thioether (sulfide) groups is 1. The highest BCUT2D eigenvalue weighted by molar-refractivity contribution is 7.98. The normalized spacial score (nSPS) is 11.8. The van der Waals surface area contributed by atoms with Crippen LogP contribution < -0.4 is 5.56 Å². The molecule has 0 aromatic carbocycles. The van der Waals surface area contributed by atoms with Crippen LogP contribution in [0.1, 0.15) is 6.92 Å². The molecule has 0 N–H and O–H groups in total. The van der Waals surface area contributed by atoms with Gasteiger partial charge in [-0.05, 0) is 25.3 Å². The highest BCUT2D eigenvalue weighted by Crippen LogP contribution is 2.19. The van der Waals surface area contributed by atoms with Crippen LogP contribution in [0, 0.1) is 0 Å². The molecule has 0 aliphatic heterocycles. The summed E-state index contributed by atoms with van der Waals surface area (Å²) in [6.45, 7) is 2.32. The Kier molecular flexibility index (Phi) is 4.65. The van der Waals surface area contributed by atoms with Gasteiger partial charge in [0.2, 0.25) is 0 Å². The summed E-state index contributed by atoms with van der Waals surface area (Å²) in [5.74, 6) is 0.841. The number of hydrogen-bond acceptors (Lipinski definition) is 7. The van der Waals surface area contributed by atoms with Crippen molar-refractivity contribution in [3.8, 4) is 5.82 Å². The lowest BCUT2D eigenvalue weighted by molar-refractivity contribution is 0.567. The van der Waals surface area contributed by atoms with Crippen LogP contribution in [0.2, 0.25) is 0 Å². The third-order valence-electron chi connectivity index (χ3n) is 3.39. The van der Waals surface area contributed by atoms with Crippen LogP contribution in [0.5, 0.6) is 0 Å². The van der Waals surface area contributed by atoms with Gasteiger partial charge in [-0.25, -0.2) is 28.5 Å². The van der Waals surface area contributed by atoms with Crippen LogP contribution in [0.4, 0.5) is 5.82 Å². The molecule has 0 aliphatic rings. The maximum Gasteiger partial charge on any atom is 0.278 e. The second kappa shape index (κ2) is 6.60. The van der Waals surface area contributed by atoms with Gasteiger partial charge in [-0.3, -0.25) is 4.79 Å². The predicted octanol–water partition coefficient (Wildman–Crippen LogP) is 2.08. The molecule has 25 heavy (non-hydrogen) atoms. The van der Waals surface area contributed by atoms with Crippen LogP contribution >= 0.6 is 11.8 Å². The molecule has 3 aromatic heterocycles. The van der Waals surface area contributed by atoms with Crippen molar-refractivity contribution in [2.24, 2.45) is 4.36 Å². The Morgan fingerprint density at radius 2 is 2.04 bits per heavy atom. The number of pyridine rings is 1. The molecule has 0 radical (unpaired) electrons. The van der Waals surface area contributed by atoms with Crippen molar-refractivity contribution < 1.29 is 4.21 Å². The van der Waals surface area contributed by atoms with Gasteiger partial charge in [-0.15, -0.1) is 0 Å². The maximum absolute atomic E-state index is 12.6. The summed E-state index contributed by atoms with van der Waals surface area (Å²) in [5, 5.41) is 0.999. The maximum atomic E-state index is 12.6. The second-order valence-electron chi connectivity index (χ2n) is 5.55. The standard InChI is InChI=1S/C15H18N6O2S2/c1-5-20-14(22)10-9-16-15(24-2)18-13(10)21(20)12-8-6-7-11(17-12)19-25(3,4)23/h6-9H,5H2,1-4H3. The van der Waals surface area contributed by atoms with Crippen molar-refractivity contribution in [2.45, 2.75) is 18.6 Å². The van der Waals surface area contributed by atoms with Gasteiger partial charge < -0.3 is 0 Å². The summed E-state index contributed by atoms with van der Waals surface area (Å²) >= 11 is 1.40. The minimum absolute atomic E-state index is 0.177. The SMILES string of the molecule is CCn1c(=O)c2cnc(SC)nc2n1-c1cccc(N=S(C)(C)=O)n1. The molecule has 0 aliphatic carbocycles. The lowest BCUT2D eigenvalue weighted by Gasteiger charge is -2.10. The van der Waals surface area contributed by atoms with Gasteiger partial charge in [0, 0.05) is 35.0 Å². The molecule has 0 amide bonds. The Morgan fingerprint density at radius 1 is 1.28 bits per heavy atom. The van der Waals surface area contributed by atoms with Gasteiger partial charge in [0.25, 0.3) is 5.56 Å². The molecule has 8 nitrogen and oxygen atoms in total. The molecular formula is C15H18N6O2S2. The highest BCUT2D eigenvalue weighted by atomic mass is 32.2. The Hall–Kier alpha value is -2.20. The molecule has 0 spiro atoms. The monoisotopic (exact) mass is 378 g/mol. The molecule has 132 valence electrons. The first-order valence-corrected chi connectivity index (χ1v) is 11.1. The minimum atomic E-state index is -2.33. The van der Waals surface area contributed by atoms with Crippen LogP contribution in [-0.2, 0) is 16.3 Å². The van der Waals surface area contributed by atoms with Crippen LogP contribution in [-0.4, -0.2) is 47.3 Å². The molecular weight excluding hydrogens is 360 g/mol. The molecule has 0 saturated carbocycles. The van der Waals surface area contributed by atoms with E-state index in [9.17, 15) is 9.00 Å². The van der Waals surface area contributed by atoms with Crippen LogP contribution in [0.15, 0.2) is 38.7 Å². The van der Waals surface area contributed by atoms with E-state index in [4.69, 9.17) is 0 Å². The van der Waals surface area contributed by atoms with E-state index < -0.39 is 9.73 Å². The molecule has 3 heterocycles. The van der Waals surface area contributed by atoms with E-state index in [0.29, 0.717) is 34.4 Å². The van der Waals surface area contributed by atoms with Gasteiger partial charge >= 0.3 is 0 Å². The third-order valence-corrected chi connectivity index (χ3v) is 4.57. The van der Waals surface area contributed by atoms with Gasteiger partial charge in [0.05, 0.1) is 0 Å². The first kappa shape index (κ1) is 17.6. The van der Waals surface area contributed by atoms with Gasteiger partial charge in [0.1, 0.15) is 5.39 Å². The van der Waals surface area contributed by atoms with Crippen LogP contribution in [0.3, 0.4) is 0 Å². The molecule has 0 unspecified atom stereocenters. The largest absolute Gasteiger partial charge is 0.278 e. The van der Waals surface area contributed by atoms with Crippen LogP contribution in [0.25, 0.3) is 16.9 Å².